The van der Waals surface area contributed by atoms with E-state index in [0.29, 0.717) is 0 Å². The SMILES string of the molecule is CC(C)[C@H](NS(=O)(=O)c1cccc(Cl)c1Br)C(=O)O. The van der Waals surface area contributed by atoms with Gasteiger partial charge in [0.2, 0.25) is 10.0 Å². The average molecular weight is 371 g/mol. The number of nitrogens with one attached hydrogen (secondary N) is 1. The largest absolute Gasteiger partial charge is 0.480 e. The Bertz CT molecular complexity index is 588. The molecule has 0 amide bonds. The van der Waals surface area contributed by atoms with Crippen LogP contribution in [0.3, 0.4) is 0 Å². The zero-order valence-corrected chi connectivity index (χ0v) is 13.4. The van der Waals surface area contributed by atoms with Crippen molar-refractivity contribution in [3.63, 3.8) is 0 Å². The van der Waals surface area contributed by atoms with Crippen LogP contribution >= 0.6 is 27.5 Å². The van der Waals surface area contributed by atoms with E-state index in [1.807, 2.05) is 0 Å². The Morgan fingerprint density at radius 3 is 2.47 bits per heavy atom. The first kappa shape index (κ1) is 16.4. The van der Waals surface area contributed by atoms with Gasteiger partial charge in [0, 0.05) is 0 Å². The van der Waals surface area contributed by atoms with Gasteiger partial charge in [0.15, 0.2) is 0 Å². The molecule has 0 fully saturated rings. The molecule has 0 aliphatic rings. The van der Waals surface area contributed by atoms with E-state index < -0.39 is 22.0 Å². The molecule has 106 valence electrons. The van der Waals surface area contributed by atoms with Gasteiger partial charge >= 0.3 is 5.97 Å². The number of sulfonamides is 1. The van der Waals surface area contributed by atoms with E-state index >= 15 is 0 Å². The first-order valence-corrected chi connectivity index (χ1v) is 8.01. The molecule has 5 nitrogen and oxygen atoms in total. The van der Waals surface area contributed by atoms with Crippen molar-refractivity contribution >= 4 is 43.5 Å². The van der Waals surface area contributed by atoms with Gasteiger partial charge in [0.25, 0.3) is 0 Å². The molecule has 1 aromatic carbocycles. The fourth-order valence-corrected chi connectivity index (χ4v) is 3.97. The smallest absolute Gasteiger partial charge is 0.322 e. The molecule has 1 aromatic rings. The van der Waals surface area contributed by atoms with Crippen molar-refractivity contribution in [2.45, 2.75) is 24.8 Å². The van der Waals surface area contributed by atoms with Crippen LogP contribution in [0.2, 0.25) is 5.02 Å². The van der Waals surface area contributed by atoms with Gasteiger partial charge in [-0.15, -0.1) is 0 Å². The molecule has 0 aliphatic heterocycles. The van der Waals surface area contributed by atoms with Crippen molar-refractivity contribution in [1.29, 1.82) is 0 Å². The molecule has 0 aromatic heterocycles. The Balaban J connectivity index is 3.18. The van der Waals surface area contributed by atoms with Crippen LogP contribution in [0.25, 0.3) is 0 Å². The molecule has 0 saturated carbocycles. The van der Waals surface area contributed by atoms with E-state index in [0.717, 1.165) is 0 Å². The summed E-state index contributed by atoms with van der Waals surface area (Å²) in [4.78, 5) is 10.9. The number of halogens is 2. The molecule has 0 saturated heterocycles. The topological polar surface area (TPSA) is 83.5 Å². The Hall–Kier alpha value is -0.630. The standard InChI is InChI=1S/C11H13BrClNO4S/c1-6(2)10(11(15)16)14-19(17,18)8-5-3-4-7(13)9(8)12/h3-6,10,14H,1-2H3,(H,15,16)/t10-/m0/s1. The van der Waals surface area contributed by atoms with Crippen molar-refractivity contribution in [2.75, 3.05) is 0 Å². The second-order valence-electron chi connectivity index (χ2n) is 4.23. The summed E-state index contributed by atoms with van der Waals surface area (Å²) in [5, 5.41) is 9.25. The van der Waals surface area contributed by atoms with E-state index in [1.165, 1.54) is 18.2 Å². The number of carboxylic acids is 1. The van der Waals surface area contributed by atoms with Gasteiger partial charge in [-0.2, -0.15) is 4.72 Å². The number of benzene rings is 1. The lowest BCUT2D eigenvalue weighted by Crippen LogP contribution is -2.44. The number of rotatable bonds is 5. The van der Waals surface area contributed by atoms with E-state index in [2.05, 4.69) is 20.7 Å². The van der Waals surface area contributed by atoms with Gasteiger partial charge in [0.05, 0.1) is 14.4 Å². The summed E-state index contributed by atoms with van der Waals surface area (Å²) < 4.78 is 26.7. The molecular weight excluding hydrogens is 358 g/mol. The number of hydrogen-bond donors (Lipinski definition) is 2. The van der Waals surface area contributed by atoms with Crippen LogP contribution in [0.4, 0.5) is 0 Å². The number of carbonyl (C=O) groups is 1. The molecule has 0 unspecified atom stereocenters. The lowest BCUT2D eigenvalue weighted by atomic mass is 10.1. The Morgan fingerprint density at radius 1 is 1.42 bits per heavy atom. The van der Waals surface area contributed by atoms with Gasteiger partial charge in [-0.05, 0) is 34.0 Å². The minimum absolute atomic E-state index is 0.0908. The summed E-state index contributed by atoms with van der Waals surface area (Å²) in [6.45, 7) is 3.24. The Morgan fingerprint density at radius 2 is 2.00 bits per heavy atom. The van der Waals surface area contributed by atoms with Gasteiger partial charge in [-0.1, -0.05) is 31.5 Å². The molecule has 0 aliphatic carbocycles. The van der Waals surface area contributed by atoms with Gasteiger partial charge in [0.1, 0.15) is 6.04 Å². The van der Waals surface area contributed by atoms with Crippen LogP contribution in [-0.2, 0) is 14.8 Å². The molecule has 2 N–H and O–H groups in total. The highest BCUT2D eigenvalue weighted by Gasteiger charge is 2.29. The van der Waals surface area contributed by atoms with E-state index in [-0.39, 0.29) is 20.3 Å². The van der Waals surface area contributed by atoms with E-state index in [9.17, 15) is 13.2 Å². The van der Waals surface area contributed by atoms with Crippen LogP contribution in [0.5, 0.6) is 0 Å². The summed E-state index contributed by atoms with van der Waals surface area (Å²) in [5.41, 5.74) is 0. The molecule has 0 heterocycles. The fourth-order valence-electron chi connectivity index (χ4n) is 1.39. The first-order chi connectivity index (χ1) is 8.66. The highest BCUT2D eigenvalue weighted by atomic mass is 79.9. The number of aliphatic carboxylic acids is 1. The van der Waals surface area contributed by atoms with Crippen molar-refractivity contribution in [3.05, 3.63) is 27.7 Å². The number of hydrogen-bond acceptors (Lipinski definition) is 3. The predicted molar refractivity (Wildman–Crippen MR) is 75.7 cm³/mol. The summed E-state index contributed by atoms with van der Waals surface area (Å²) in [7, 11) is -3.96. The summed E-state index contributed by atoms with van der Waals surface area (Å²) in [6, 6.07) is 3.16. The van der Waals surface area contributed by atoms with Gasteiger partial charge in [-0.3, -0.25) is 4.79 Å². The average Bonchev–Trinajstić information content (AvgIpc) is 2.28. The quantitative estimate of drug-likeness (QED) is 0.834. The van der Waals surface area contributed by atoms with Crippen LogP contribution in [-0.4, -0.2) is 25.5 Å². The molecule has 0 bridgehead atoms. The minimum atomic E-state index is -3.96. The van der Waals surface area contributed by atoms with Gasteiger partial charge in [-0.25, -0.2) is 8.42 Å². The van der Waals surface area contributed by atoms with Crippen LogP contribution in [0, 0.1) is 5.92 Å². The summed E-state index contributed by atoms with van der Waals surface area (Å²) in [6.07, 6.45) is 0. The monoisotopic (exact) mass is 369 g/mol. The Kier molecular flexibility index (Phi) is 5.37. The molecule has 19 heavy (non-hydrogen) atoms. The lowest BCUT2D eigenvalue weighted by molar-refractivity contribution is -0.140. The van der Waals surface area contributed by atoms with Crippen molar-refractivity contribution in [1.82, 2.24) is 4.72 Å². The lowest BCUT2D eigenvalue weighted by Gasteiger charge is -2.18. The third-order valence-corrected chi connectivity index (χ3v) is 5.56. The molecule has 1 rings (SSSR count). The third-order valence-electron chi connectivity index (χ3n) is 2.42. The van der Waals surface area contributed by atoms with Crippen LogP contribution < -0.4 is 4.72 Å². The zero-order valence-electron chi connectivity index (χ0n) is 10.2. The van der Waals surface area contributed by atoms with Crippen LogP contribution in [0.1, 0.15) is 13.8 Å². The highest BCUT2D eigenvalue weighted by molar-refractivity contribution is 9.10. The summed E-state index contributed by atoms with van der Waals surface area (Å²) >= 11 is 8.91. The maximum Gasteiger partial charge on any atom is 0.322 e. The van der Waals surface area contributed by atoms with E-state index in [1.54, 1.807) is 13.8 Å². The Labute approximate surface area is 125 Å². The van der Waals surface area contributed by atoms with Crippen molar-refractivity contribution in [2.24, 2.45) is 5.92 Å². The number of carboxylic acid groups (broad SMARTS) is 1. The van der Waals surface area contributed by atoms with Gasteiger partial charge < -0.3 is 5.11 Å². The molecule has 0 spiro atoms. The highest BCUT2D eigenvalue weighted by Crippen LogP contribution is 2.29. The maximum atomic E-state index is 12.2. The van der Waals surface area contributed by atoms with Crippen LogP contribution in [0.15, 0.2) is 27.6 Å². The van der Waals surface area contributed by atoms with E-state index in [4.69, 9.17) is 16.7 Å². The normalized spacial score (nSPS) is 13.5. The minimum Gasteiger partial charge on any atom is -0.480 e. The zero-order chi connectivity index (χ0) is 14.8. The third kappa shape index (κ3) is 3.92. The maximum absolute atomic E-state index is 12.2. The predicted octanol–water partition coefficient (Wildman–Crippen LogP) is 2.49. The molecule has 8 heteroatoms. The first-order valence-electron chi connectivity index (χ1n) is 5.36. The molecule has 0 radical (unpaired) electrons. The fraction of sp³-hybridized carbons (Fsp3) is 0.364. The van der Waals surface area contributed by atoms with Crippen molar-refractivity contribution in [3.8, 4) is 0 Å². The summed E-state index contributed by atoms with van der Waals surface area (Å²) in [5.74, 6) is -1.61. The molecular formula is C11H13BrClNO4S. The second kappa shape index (κ2) is 6.21. The molecule has 1 atom stereocenters. The second-order valence-corrected chi connectivity index (χ2v) is 7.12. The van der Waals surface area contributed by atoms with Crippen molar-refractivity contribution < 1.29 is 18.3 Å².